The molecule has 1 aromatic heterocycles. The number of nitrogens with two attached hydrogens (primary N) is 1. The molecule has 1 aliphatic rings. The summed E-state index contributed by atoms with van der Waals surface area (Å²) in [6.07, 6.45) is -2.09. The van der Waals surface area contributed by atoms with Crippen LogP contribution in [0.1, 0.15) is 18.4 Å². The van der Waals surface area contributed by atoms with Gasteiger partial charge in [-0.15, -0.1) is 0 Å². The van der Waals surface area contributed by atoms with Gasteiger partial charge >= 0.3 is 6.18 Å². The quantitative estimate of drug-likeness (QED) is 0.272. The van der Waals surface area contributed by atoms with Gasteiger partial charge in [0, 0.05) is 17.6 Å². The number of carbonyl (C=O) groups excluding carboxylic acids is 1. The molecule has 0 aliphatic heterocycles. The molecule has 4 aromatic carbocycles. The molecular weight excluding hydrogens is 463 g/mol. The molecule has 1 heterocycles. The van der Waals surface area contributed by atoms with E-state index in [9.17, 15) is 18.0 Å². The molecule has 1 aliphatic carbocycles. The highest BCUT2D eigenvalue weighted by Gasteiger charge is 2.45. The molecule has 0 bridgehead atoms. The molecule has 36 heavy (non-hydrogen) atoms. The van der Waals surface area contributed by atoms with Crippen molar-refractivity contribution in [3.8, 4) is 16.9 Å². The molecule has 1 saturated carbocycles. The van der Waals surface area contributed by atoms with Crippen LogP contribution in [0.4, 0.5) is 18.9 Å². The van der Waals surface area contributed by atoms with Crippen LogP contribution in [0.5, 0.6) is 0 Å². The summed E-state index contributed by atoms with van der Waals surface area (Å²) in [6.45, 7) is 0. The molecule has 0 atom stereocenters. The van der Waals surface area contributed by atoms with Crippen molar-refractivity contribution in [3.63, 3.8) is 0 Å². The lowest BCUT2D eigenvalue weighted by Gasteiger charge is -2.13. The smallest absolute Gasteiger partial charge is 0.324 e. The van der Waals surface area contributed by atoms with E-state index in [1.807, 2.05) is 54.6 Å². The van der Waals surface area contributed by atoms with Crippen LogP contribution >= 0.6 is 0 Å². The zero-order valence-corrected chi connectivity index (χ0v) is 19.1. The fourth-order valence-electron chi connectivity index (χ4n) is 4.55. The largest absolute Gasteiger partial charge is 0.417 e. The van der Waals surface area contributed by atoms with Gasteiger partial charge in [-0.1, -0.05) is 48.5 Å². The van der Waals surface area contributed by atoms with Crippen molar-refractivity contribution in [1.29, 1.82) is 0 Å². The van der Waals surface area contributed by atoms with Crippen molar-refractivity contribution < 1.29 is 18.0 Å². The van der Waals surface area contributed by atoms with Gasteiger partial charge < -0.3 is 15.6 Å². The number of carbonyl (C=O) groups is 1. The second kappa shape index (κ2) is 7.96. The van der Waals surface area contributed by atoms with Gasteiger partial charge in [0.05, 0.1) is 16.8 Å². The van der Waals surface area contributed by atoms with Gasteiger partial charge in [-0.2, -0.15) is 13.2 Å². The molecular formula is C29H22F3N3O. The molecule has 5 aromatic rings. The molecule has 6 rings (SSSR count). The van der Waals surface area contributed by atoms with E-state index in [0.29, 0.717) is 35.5 Å². The lowest BCUT2D eigenvalue weighted by atomic mass is 9.99. The van der Waals surface area contributed by atoms with Crippen molar-refractivity contribution in [2.24, 2.45) is 5.73 Å². The van der Waals surface area contributed by atoms with Crippen molar-refractivity contribution in [2.45, 2.75) is 24.6 Å². The molecule has 1 fully saturated rings. The predicted molar refractivity (Wildman–Crippen MR) is 136 cm³/mol. The number of amides is 1. The molecule has 0 unspecified atom stereocenters. The third-order valence-corrected chi connectivity index (χ3v) is 6.83. The van der Waals surface area contributed by atoms with Gasteiger partial charge in [-0.3, -0.25) is 4.79 Å². The van der Waals surface area contributed by atoms with Gasteiger partial charge in [-0.25, -0.2) is 0 Å². The van der Waals surface area contributed by atoms with E-state index in [4.69, 9.17) is 5.73 Å². The Labute approximate surface area is 205 Å². The second-order valence-electron chi connectivity index (χ2n) is 9.36. The van der Waals surface area contributed by atoms with E-state index >= 15 is 0 Å². The average Bonchev–Trinajstić information content (AvgIpc) is 3.46. The summed E-state index contributed by atoms with van der Waals surface area (Å²) in [5, 5.41) is 6.97. The van der Waals surface area contributed by atoms with Crippen LogP contribution in [0.2, 0.25) is 0 Å². The monoisotopic (exact) mass is 485 g/mol. The molecule has 0 radical (unpaired) electrons. The van der Waals surface area contributed by atoms with E-state index in [0.717, 1.165) is 27.7 Å². The average molecular weight is 486 g/mol. The van der Waals surface area contributed by atoms with Crippen LogP contribution in [-0.4, -0.2) is 16.0 Å². The number of rotatable bonds is 4. The van der Waals surface area contributed by atoms with E-state index in [1.54, 1.807) is 24.3 Å². The van der Waals surface area contributed by atoms with Crippen LogP contribution in [0.3, 0.4) is 0 Å². The Balaban J connectivity index is 1.41. The first-order valence-electron chi connectivity index (χ1n) is 11.6. The van der Waals surface area contributed by atoms with E-state index < -0.39 is 17.3 Å². The van der Waals surface area contributed by atoms with Gasteiger partial charge in [0.2, 0.25) is 5.91 Å². The first-order chi connectivity index (χ1) is 17.2. The Bertz CT molecular complexity index is 1630. The second-order valence-corrected chi connectivity index (χ2v) is 9.36. The Kier molecular flexibility index (Phi) is 4.95. The first-order valence-corrected chi connectivity index (χ1v) is 11.6. The normalized spacial score (nSPS) is 14.8. The summed E-state index contributed by atoms with van der Waals surface area (Å²) in [4.78, 5) is 12.2. The van der Waals surface area contributed by atoms with Gasteiger partial charge in [0.1, 0.15) is 0 Å². The molecule has 0 spiro atoms. The number of benzene rings is 4. The number of nitrogens with zero attached hydrogens (tertiary/aromatic N) is 1. The number of hydrogen-bond donors (Lipinski definition) is 2. The zero-order chi connectivity index (χ0) is 25.1. The molecule has 0 saturated heterocycles. The van der Waals surface area contributed by atoms with Crippen LogP contribution in [0.15, 0.2) is 91.1 Å². The third kappa shape index (κ3) is 3.91. The summed E-state index contributed by atoms with van der Waals surface area (Å²) in [5.41, 5.74) is 6.58. The molecule has 7 heteroatoms. The third-order valence-electron chi connectivity index (χ3n) is 6.83. The zero-order valence-electron chi connectivity index (χ0n) is 19.1. The summed E-state index contributed by atoms with van der Waals surface area (Å²) < 4.78 is 42.6. The van der Waals surface area contributed by atoms with E-state index in [2.05, 4.69) is 5.32 Å². The summed E-state index contributed by atoms with van der Waals surface area (Å²) in [7, 11) is 0. The van der Waals surface area contributed by atoms with Gasteiger partial charge in [-0.05, 0) is 76.3 Å². The van der Waals surface area contributed by atoms with Gasteiger partial charge in [0.25, 0.3) is 0 Å². The van der Waals surface area contributed by atoms with Crippen LogP contribution in [0, 0.1) is 0 Å². The predicted octanol–water partition coefficient (Wildman–Crippen LogP) is 6.90. The number of alkyl halides is 3. The minimum atomic E-state index is -4.49. The highest BCUT2D eigenvalue weighted by atomic mass is 19.4. The van der Waals surface area contributed by atoms with Crippen molar-refractivity contribution >= 4 is 33.1 Å². The molecule has 180 valence electrons. The number of fused-ring (bicyclic) bond motifs is 3. The number of nitrogens with one attached hydrogen (secondary N) is 1. The standard InChI is InChI=1S/C29H22F3N3O/c30-29(31,32)21-16-26(20-7-12-25-19(15-20)6-5-18-3-1-2-4-24(18)25)35(17-21)23-10-8-22(9-11-23)34-27(36)28(33)13-14-28/h1-12,15-17H,13-14,33H2,(H,34,36). The Hall–Kier alpha value is -4.10. The molecule has 4 nitrogen and oxygen atoms in total. The number of hydrogen-bond acceptors (Lipinski definition) is 2. The number of anilines is 1. The Morgan fingerprint density at radius 1 is 0.861 bits per heavy atom. The Morgan fingerprint density at radius 3 is 2.28 bits per heavy atom. The van der Waals surface area contributed by atoms with Crippen LogP contribution in [-0.2, 0) is 11.0 Å². The lowest BCUT2D eigenvalue weighted by Crippen LogP contribution is -2.37. The van der Waals surface area contributed by atoms with Gasteiger partial charge in [0.15, 0.2) is 0 Å². The summed E-state index contributed by atoms with van der Waals surface area (Å²) in [6, 6.07) is 25.6. The SMILES string of the molecule is NC1(C(=O)Nc2ccc(-n3cc(C(F)(F)F)cc3-c3ccc4c(ccc5ccccc54)c3)cc2)CC1. The Morgan fingerprint density at radius 2 is 1.56 bits per heavy atom. The van der Waals surface area contributed by atoms with Crippen molar-refractivity contribution in [2.75, 3.05) is 5.32 Å². The maximum atomic E-state index is 13.7. The van der Waals surface area contributed by atoms with E-state index in [1.165, 1.54) is 10.6 Å². The minimum Gasteiger partial charge on any atom is -0.324 e. The highest BCUT2D eigenvalue weighted by Crippen LogP contribution is 2.37. The van der Waals surface area contributed by atoms with Crippen LogP contribution in [0.25, 0.3) is 38.5 Å². The fourth-order valence-corrected chi connectivity index (χ4v) is 4.55. The maximum absolute atomic E-state index is 13.7. The van der Waals surface area contributed by atoms with E-state index in [-0.39, 0.29) is 5.91 Å². The van der Waals surface area contributed by atoms with Crippen molar-refractivity contribution in [3.05, 3.63) is 96.7 Å². The number of halogens is 3. The topological polar surface area (TPSA) is 60.1 Å². The minimum absolute atomic E-state index is 0.250. The lowest BCUT2D eigenvalue weighted by molar-refractivity contribution is -0.137. The van der Waals surface area contributed by atoms with Crippen molar-refractivity contribution in [1.82, 2.24) is 4.57 Å². The first kappa shape index (κ1) is 22.4. The molecule has 3 N–H and O–H groups in total. The summed E-state index contributed by atoms with van der Waals surface area (Å²) in [5.74, 6) is -0.250. The fraction of sp³-hybridized carbons (Fsp3) is 0.138. The highest BCUT2D eigenvalue weighted by molar-refractivity contribution is 6.08. The summed E-state index contributed by atoms with van der Waals surface area (Å²) >= 11 is 0. The molecule has 1 amide bonds. The number of aromatic nitrogens is 1. The maximum Gasteiger partial charge on any atom is 0.417 e. The van der Waals surface area contributed by atoms with Crippen LogP contribution < -0.4 is 11.1 Å².